The minimum atomic E-state index is 0.0731. The minimum absolute atomic E-state index is 0.0731. The molecule has 0 spiro atoms. The Kier molecular flexibility index (Phi) is 5.99. The van der Waals surface area contributed by atoms with Crippen molar-refractivity contribution >= 4 is 10.8 Å². The van der Waals surface area contributed by atoms with Crippen molar-refractivity contribution in [1.82, 2.24) is 5.32 Å². The van der Waals surface area contributed by atoms with Gasteiger partial charge in [0.15, 0.2) is 0 Å². The molecule has 0 fully saturated rings. The zero-order chi connectivity index (χ0) is 15.1. The second-order valence-electron chi connectivity index (χ2n) is 4.98. The minimum Gasteiger partial charge on any atom is -0.497 e. The van der Waals surface area contributed by atoms with Crippen LogP contribution in [0.15, 0.2) is 36.4 Å². The summed E-state index contributed by atoms with van der Waals surface area (Å²) >= 11 is 0. The van der Waals surface area contributed by atoms with Gasteiger partial charge in [0, 0.05) is 12.6 Å². The predicted octanol–water partition coefficient (Wildman–Crippen LogP) is 2.51. The predicted molar refractivity (Wildman–Crippen MR) is 84.8 cm³/mol. The number of nitrogens with one attached hydrogen (secondary N) is 1. The highest BCUT2D eigenvalue weighted by Gasteiger charge is 2.06. The van der Waals surface area contributed by atoms with Gasteiger partial charge >= 0.3 is 0 Å². The lowest BCUT2D eigenvalue weighted by atomic mass is 10.0. The van der Waals surface area contributed by atoms with Crippen molar-refractivity contribution in [3.63, 3.8) is 0 Å². The first-order chi connectivity index (χ1) is 10.2. The molecule has 0 bridgehead atoms. The maximum absolute atomic E-state index is 8.64. The van der Waals surface area contributed by atoms with Crippen molar-refractivity contribution in [1.29, 1.82) is 0 Å². The molecular formula is C17H23NO3. The van der Waals surface area contributed by atoms with Crippen molar-refractivity contribution in [2.75, 3.05) is 33.5 Å². The van der Waals surface area contributed by atoms with Gasteiger partial charge in [0.1, 0.15) is 5.75 Å². The van der Waals surface area contributed by atoms with E-state index in [9.17, 15) is 0 Å². The number of aliphatic hydroxyl groups excluding tert-OH is 1. The largest absolute Gasteiger partial charge is 0.497 e. The molecule has 4 nitrogen and oxygen atoms in total. The van der Waals surface area contributed by atoms with Crippen molar-refractivity contribution in [3.8, 4) is 5.75 Å². The van der Waals surface area contributed by atoms with Crippen molar-refractivity contribution in [3.05, 3.63) is 42.0 Å². The second-order valence-corrected chi connectivity index (χ2v) is 4.98. The number of methoxy groups -OCH3 is 1. The number of ether oxygens (including phenoxy) is 2. The Hall–Kier alpha value is -1.62. The first-order valence-corrected chi connectivity index (χ1v) is 7.24. The van der Waals surface area contributed by atoms with Gasteiger partial charge in [-0.3, -0.25) is 0 Å². The van der Waals surface area contributed by atoms with E-state index in [0.29, 0.717) is 13.2 Å². The summed E-state index contributed by atoms with van der Waals surface area (Å²) in [7, 11) is 1.68. The molecule has 21 heavy (non-hydrogen) atoms. The third kappa shape index (κ3) is 4.43. The van der Waals surface area contributed by atoms with Gasteiger partial charge in [0.2, 0.25) is 0 Å². The molecule has 1 unspecified atom stereocenters. The van der Waals surface area contributed by atoms with Gasteiger partial charge in [0.25, 0.3) is 0 Å². The van der Waals surface area contributed by atoms with Crippen LogP contribution in [-0.4, -0.2) is 38.6 Å². The Bertz CT molecular complexity index is 571. The number of aliphatic hydroxyl groups is 1. The molecule has 0 aliphatic carbocycles. The summed E-state index contributed by atoms with van der Waals surface area (Å²) in [5.41, 5.74) is 1.25. The van der Waals surface area contributed by atoms with Crippen LogP contribution in [0.4, 0.5) is 0 Å². The Morgan fingerprint density at radius 1 is 1.10 bits per heavy atom. The summed E-state index contributed by atoms with van der Waals surface area (Å²) in [6, 6.07) is 12.8. The smallest absolute Gasteiger partial charge is 0.119 e. The van der Waals surface area contributed by atoms with E-state index in [-0.39, 0.29) is 12.6 Å². The highest BCUT2D eigenvalue weighted by Crippen LogP contribution is 2.24. The number of hydrogen-bond acceptors (Lipinski definition) is 4. The zero-order valence-electron chi connectivity index (χ0n) is 12.6. The van der Waals surface area contributed by atoms with Gasteiger partial charge in [-0.2, -0.15) is 0 Å². The molecule has 1 atom stereocenters. The summed E-state index contributed by atoms with van der Waals surface area (Å²) in [4.78, 5) is 0. The maximum Gasteiger partial charge on any atom is 0.119 e. The van der Waals surface area contributed by atoms with E-state index in [1.165, 1.54) is 16.3 Å². The van der Waals surface area contributed by atoms with Crippen LogP contribution < -0.4 is 10.1 Å². The molecule has 0 saturated carbocycles. The van der Waals surface area contributed by atoms with Crippen molar-refractivity contribution < 1.29 is 14.6 Å². The van der Waals surface area contributed by atoms with Crippen LogP contribution in [-0.2, 0) is 4.74 Å². The van der Waals surface area contributed by atoms with Crippen LogP contribution in [0.25, 0.3) is 10.8 Å². The van der Waals surface area contributed by atoms with Gasteiger partial charge < -0.3 is 19.9 Å². The molecular weight excluding hydrogens is 266 g/mol. The molecule has 2 N–H and O–H groups in total. The normalized spacial score (nSPS) is 12.5. The topological polar surface area (TPSA) is 50.7 Å². The molecule has 2 aromatic carbocycles. The molecule has 2 rings (SSSR count). The molecule has 0 aliphatic heterocycles. The van der Waals surface area contributed by atoms with Gasteiger partial charge in [-0.1, -0.05) is 18.2 Å². The molecule has 2 aromatic rings. The Balaban J connectivity index is 1.98. The second kappa shape index (κ2) is 7.98. The molecule has 114 valence electrons. The van der Waals surface area contributed by atoms with E-state index in [2.05, 4.69) is 36.5 Å². The van der Waals surface area contributed by atoms with Crippen molar-refractivity contribution in [2.45, 2.75) is 13.0 Å². The highest BCUT2D eigenvalue weighted by molar-refractivity contribution is 5.84. The van der Waals surface area contributed by atoms with E-state index in [0.717, 1.165) is 12.3 Å². The fourth-order valence-corrected chi connectivity index (χ4v) is 2.27. The van der Waals surface area contributed by atoms with Crippen LogP contribution in [0.2, 0.25) is 0 Å². The number of benzene rings is 2. The standard InChI is InChI=1S/C17H23NO3/c1-13(18-7-9-21-10-8-19)14-3-4-16-12-17(20-2)6-5-15(16)11-14/h3-6,11-13,18-19H,7-10H2,1-2H3. The average Bonchev–Trinajstić information content (AvgIpc) is 2.53. The molecule has 0 radical (unpaired) electrons. The van der Waals surface area contributed by atoms with Gasteiger partial charge in [-0.15, -0.1) is 0 Å². The Morgan fingerprint density at radius 2 is 1.86 bits per heavy atom. The first-order valence-electron chi connectivity index (χ1n) is 7.24. The quantitative estimate of drug-likeness (QED) is 0.733. The summed E-state index contributed by atoms with van der Waals surface area (Å²) in [6.45, 7) is 3.98. The monoisotopic (exact) mass is 289 g/mol. The van der Waals surface area contributed by atoms with E-state index < -0.39 is 0 Å². The molecule has 0 amide bonds. The maximum atomic E-state index is 8.64. The highest BCUT2D eigenvalue weighted by atomic mass is 16.5. The van der Waals surface area contributed by atoms with E-state index in [1.807, 2.05) is 12.1 Å². The van der Waals surface area contributed by atoms with Gasteiger partial charge in [-0.25, -0.2) is 0 Å². The fourth-order valence-electron chi connectivity index (χ4n) is 2.27. The third-order valence-electron chi connectivity index (χ3n) is 3.50. The van der Waals surface area contributed by atoms with Crippen LogP contribution in [0.5, 0.6) is 5.75 Å². The Labute approximate surface area is 125 Å². The summed E-state index contributed by atoms with van der Waals surface area (Å²) in [6.07, 6.45) is 0. The lowest BCUT2D eigenvalue weighted by molar-refractivity contribution is 0.0928. The number of rotatable bonds is 8. The molecule has 0 aliphatic rings. The Morgan fingerprint density at radius 3 is 2.62 bits per heavy atom. The fraction of sp³-hybridized carbons (Fsp3) is 0.412. The van der Waals surface area contributed by atoms with Crippen LogP contribution in [0.3, 0.4) is 0 Å². The lowest BCUT2D eigenvalue weighted by Gasteiger charge is -2.15. The summed E-state index contributed by atoms with van der Waals surface area (Å²) < 4.78 is 10.5. The lowest BCUT2D eigenvalue weighted by Crippen LogP contribution is -2.23. The van der Waals surface area contributed by atoms with Crippen LogP contribution in [0.1, 0.15) is 18.5 Å². The average molecular weight is 289 g/mol. The van der Waals surface area contributed by atoms with Crippen molar-refractivity contribution in [2.24, 2.45) is 0 Å². The van der Waals surface area contributed by atoms with E-state index in [1.54, 1.807) is 7.11 Å². The van der Waals surface area contributed by atoms with Crippen LogP contribution in [0, 0.1) is 0 Å². The first kappa shape index (κ1) is 15.8. The van der Waals surface area contributed by atoms with E-state index in [4.69, 9.17) is 14.6 Å². The summed E-state index contributed by atoms with van der Waals surface area (Å²) in [5, 5.41) is 14.4. The number of hydrogen-bond donors (Lipinski definition) is 2. The molecule has 0 saturated heterocycles. The van der Waals surface area contributed by atoms with Gasteiger partial charge in [0.05, 0.1) is 26.9 Å². The molecule has 0 heterocycles. The van der Waals surface area contributed by atoms with E-state index >= 15 is 0 Å². The molecule has 4 heteroatoms. The molecule has 0 aromatic heterocycles. The van der Waals surface area contributed by atoms with Gasteiger partial charge in [-0.05, 0) is 41.5 Å². The SMILES string of the molecule is COc1ccc2cc(C(C)NCCOCCO)ccc2c1. The zero-order valence-corrected chi connectivity index (χ0v) is 12.6. The number of fused-ring (bicyclic) bond motifs is 1. The van der Waals surface area contributed by atoms with Crippen LogP contribution >= 0.6 is 0 Å². The third-order valence-corrected chi connectivity index (χ3v) is 3.50. The summed E-state index contributed by atoms with van der Waals surface area (Å²) in [5.74, 6) is 0.877.